The van der Waals surface area contributed by atoms with Gasteiger partial charge in [-0.2, -0.15) is 0 Å². The fourth-order valence-electron chi connectivity index (χ4n) is 2.58. The second-order valence-electron chi connectivity index (χ2n) is 5.55. The van der Waals surface area contributed by atoms with E-state index in [1.165, 1.54) is 30.9 Å². The topological polar surface area (TPSA) is 126 Å². The molecule has 3 rings (SSSR count). The molecule has 0 unspecified atom stereocenters. The second kappa shape index (κ2) is 8.54. The third-order valence-electron chi connectivity index (χ3n) is 3.86. The van der Waals surface area contributed by atoms with E-state index < -0.39 is 10.8 Å². The van der Waals surface area contributed by atoms with E-state index in [1.807, 2.05) is 37.3 Å². The molecule has 1 amide bonds. The minimum absolute atomic E-state index is 0.119. The first-order valence-corrected chi connectivity index (χ1v) is 8.40. The summed E-state index contributed by atoms with van der Waals surface area (Å²) in [4.78, 5) is 36.9. The number of carbonyl (C=O) groups excluding carboxylic acids is 1. The van der Waals surface area contributed by atoms with Crippen molar-refractivity contribution in [2.45, 2.75) is 6.92 Å². The van der Waals surface area contributed by atoms with E-state index in [2.05, 4.69) is 25.8 Å². The number of pyridine rings is 1. The SMILES string of the molecule is CCN(c1ccccc1)c1ncnc(NNC(=O)c2ccncc2)c1[N+](=O)[O-]. The fourth-order valence-corrected chi connectivity index (χ4v) is 2.58. The van der Waals surface area contributed by atoms with Crippen LogP contribution in [0, 0.1) is 10.1 Å². The van der Waals surface area contributed by atoms with Crippen molar-refractivity contribution in [2.75, 3.05) is 16.9 Å². The summed E-state index contributed by atoms with van der Waals surface area (Å²) in [7, 11) is 0. The van der Waals surface area contributed by atoms with Crippen LogP contribution in [0.4, 0.5) is 23.0 Å². The third kappa shape index (κ3) is 4.01. The van der Waals surface area contributed by atoms with Crippen LogP contribution in [0.2, 0.25) is 0 Å². The van der Waals surface area contributed by atoms with Gasteiger partial charge in [0.1, 0.15) is 6.33 Å². The highest BCUT2D eigenvalue weighted by atomic mass is 16.6. The highest BCUT2D eigenvalue weighted by molar-refractivity contribution is 5.95. The Bertz CT molecular complexity index is 967. The lowest BCUT2D eigenvalue weighted by atomic mass is 10.2. The Morgan fingerprint density at radius 3 is 2.50 bits per heavy atom. The molecule has 0 atom stereocenters. The van der Waals surface area contributed by atoms with Gasteiger partial charge in [-0.05, 0) is 31.2 Å². The Balaban J connectivity index is 1.91. The van der Waals surface area contributed by atoms with Crippen LogP contribution in [0.3, 0.4) is 0 Å². The number of anilines is 3. The zero-order chi connectivity index (χ0) is 19.9. The number of nitro groups is 1. The summed E-state index contributed by atoms with van der Waals surface area (Å²) in [5.41, 5.74) is 5.68. The predicted octanol–water partition coefficient (Wildman–Crippen LogP) is 2.69. The molecule has 0 bridgehead atoms. The summed E-state index contributed by atoms with van der Waals surface area (Å²) in [6.45, 7) is 2.31. The van der Waals surface area contributed by atoms with Gasteiger partial charge in [-0.3, -0.25) is 30.7 Å². The molecular formula is C18H17N7O3. The first kappa shape index (κ1) is 18.7. The van der Waals surface area contributed by atoms with Crippen molar-refractivity contribution in [3.8, 4) is 0 Å². The van der Waals surface area contributed by atoms with Crippen molar-refractivity contribution in [1.82, 2.24) is 20.4 Å². The lowest BCUT2D eigenvalue weighted by Gasteiger charge is -2.22. The lowest BCUT2D eigenvalue weighted by molar-refractivity contribution is -0.383. The van der Waals surface area contributed by atoms with Gasteiger partial charge < -0.3 is 4.90 Å². The number of hydrogen-bond donors (Lipinski definition) is 2. The fraction of sp³-hybridized carbons (Fsp3) is 0.111. The molecule has 0 radical (unpaired) electrons. The predicted molar refractivity (Wildman–Crippen MR) is 103 cm³/mol. The van der Waals surface area contributed by atoms with Crippen molar-refractivity contribution in [1.29, 1.82) is 0 Å². The minimum atomic E-state index is -0.581. The van der Waals surface area contributed by atoms with Gasteiger partial charge in [0.15, 0.2) is 0 Å². The molecule has 0 aliphatic heterocycles. The molecule has 2 N–H and O–H groups in total. The summed E-state index contributed by atoms with van der Waals surface area (Å²) in [6.07, 6.45) is 4.15. The van der Waals surface area contributed by atoms with Crippen LogP contribution in [-0.4, -0.2) is 32.3 Å². The van der Waals surface area contributed by atoms with Crippen LogP contribution < -0.4 is 15.8 Å². The number of nitrogens with zero attached hydrogens (tertiary/aromatic N) is 5. The van der Waals surface area contributed by atoms with Crippen molar-refractivity contribution in [3.63, 3.8) is 0 Å². The number of rotatable bonds is 7. The number of aromatic nitrogens is 3. The molecule has 10 nitrogen and oxygen atoms in total. The van der Waals surface area contributed by atoms with Gasteiger partial charge in [-0.25, -0.2) is 9.97 Å². The summed E-state index contributed by atoms with van der Waals surface area (Å²) < 4.78 is 0. The smallest absolute Gasteiger partial charge is 0.321 e. The van der Waals surface area contributed by atoms with E-state index in [-0.39, 0.29) is 17.3 Å². The Morgan fingerprint density at radius 1 is 1.14 bits per heavy atom. The maximum Gasteiger partial charge on any atom is 0.355 e. The maximum absolute atomic E-state index is 12.2. The Hall–Kier alpha value is -4.08. The maximum atomic E-state index is 12.2. The molecule has 28 heavy (non-hydrogen) atoms. The molecule has 0 spiro atoms. The highest BCUT2D eigenvalue weighted by Crippen LogP contribution is 2.35. The number of carbonyl (C=O) groups is 1. The molecule has 2 aromatic heterocycles. The monoisotopic (exact) mass is 379 g/mol. The van der Waals surface area contributed by atoms with Gasteiger partial charge in [-0.15, -0.1) is 0 Å². The van der Waals surface area contributed by atoms with Gasteiger partial charge in [0.25, 0.3) is 5.91 Å². The summed E-state index contributed by atoms with van der Waals surface area (Å²) in [6, 6.07) is 12.2. The zero-order valence-corrected chi connectivity index (χ0v) is 14.9. The van der Waals surface area contributed by atoms with E-state index in [0.29, 0.717) is 12.1 Å². The average Bonchev–Trinajstić information content (AvgIpc) is 2.74. The summed E-state index contributed by atoms with van der Waals surface area (Å²) >= 11 is 0. The van der Waals surface area contributed by atoms with Crippen molar-refractivity contribution >= 4 is 28.9 Å². The van der Waals surface area contributed by atoms with Gasteiger partial charge >= 0.3 is 5.69 Å². The molecule has 1 aromatic carbocycles. The molecular weight excluding hydrogens is 362 g/mol. The Labute approximate surface area is 160 Å². The molecule has 10 heteroatoms. The van der Waals surface area contributed by atoms with Crippen molar-refractivity contribution < 1.29 is 9.72 Å². The highest BCUT2D eigenvalue weighted by Gasteiger charge is 2.27. The van der Waals surface area contributed by atoms with Gasteiger partial charge in [0, 0.05) is 30.2 Å². The zero-order valence-electron chi connectivity index (χ0n) is 14.9. The van der Waals surface area contributed by atoms with Crippen molar-refractivity contribution in [3.05, 3.63) is 76.9 Å². The van der Waals surface area contributed by atoms with Crippen molar-refractivity contribution in [2.24, 2.45) is 0 Å². The number of hydrazine groups is 1. The summed E-state index contributed by atoms with van der Waals surface area (Å²) in [5.74, 6) is -0.478. The molecule has 0 saturated heterocycles. The van der Waals surface area contributed by atoms with Crippen LogP contribution in [-0.2, 0) is 0 Å². The molecule has 0 saturated carbocycles. The standard InChI is InChI=1S/C18H17N7O3/c1-2-24(14-6-4-3-5-7-14)17-15(25(27)28)16(20-12-21-17)22-23-18(26)13-8-10-19-11-9-13/h3-12H,2H2,1H3,(H,23,26)(H,20,21,22). The molecule has 0 aliphatic carbocycles. The quantitative estimate of drug-likeness (QED) is 0.474. The second-order valence-corrected chi connectivity index (χ2v) is 5.55. The van der Waals surface area contributed by atoms with Crippen LogP contribution in [0.1, 0.15) is 17.3 Å². The number of nitrogens with one attached hydrogen (secondary N) is 2. The number of hydrogen-bond acceptors (Lipinski definition) is 8. The molecule has 2 heterocycles. The average molecular weight is 379 g/mol. The first-order chi connectivity index (χ1) is 13.6. The van der Waals surface area contributed by atoms with E-state index in [4.69, 9.17) is 0 Å². The third-order valence-corrected chi connectivity index (χ3v) is 3.86. The summed E-state index contributed by atoms with van der Waals surface area (Å²) in [5, 5.41) is 11.7. The van der Waals surface area contributed by atoms with Crippen LogP contribution in [0.15, 0.2) is 61.2 Å². The van der Waals surface area contributed by atoms with Crippen LogP contribution >= 0.6 is 0 Å². The number of benzene rings is 1. The molecule has 3 aromatic rings. The number of para-hydroxylation sites is 1. The molecule has 142 valence electrons. The van der Waals surface area contributed by atoms with E-state index in [0.717, 1.165) is 5.69 Å². The Morgan fingerprint density at radius 2 is 1.86 bits per heavy atom. The normalized spacial score (nSPS) is 10.2. The first-order valence-electron chi connectivity index (χ1n) is 8.40. The molecule has 0 aliphatic rings. The van der Waals surface area contributed by atoms with Crippen LogP contribution in [0.5, 0.6) is 0 Å². The minimum Gasteiger partial charge on any atom is -0.321 e. The van der Waals surface area contributed by atoms with E-state index >= 15 is 0 Å². The lowest BCUT2D eigenvalue weighted by Crippen LogP contribution is -2.30. The van der Waals surface area contributed by atoms with Gasteiger partial charge in [0.05, 0.1) is 4.92 Å². The van der Waals surface area contributed by atoms with E-state index in [1.54, 1.807) is 4.90 Å². The van der Waals surface area contributed by atoms with Crippen LogP contribution in [0.25, 0.3) is 0 Å². The van der Waals surface area contributed by atoms with Gasteiger partial charge in [0.2, 0.25) is 11.6 Å². The number of amides is 1. The largest absolute Gasteiger partial charge is 0.355 e. The Kier molecular flexibility index (Phi) is 5.70. The van der Waals surface area contributed by atoms with E-state index in [9.17, 15) is 14.9 Å². The van der Waals surface area contributed by atoms with Gasteiger partial charge in [-0.1, -0.05) is 18.2 Å². The molecule has 0 fully saturated rings.